The van der Waals surface area contributed by atoms with E-state index in [-0.39, 0.29) is 22.6 Å². The van der Waals surface area contributed by atoms with Gasteiger partial charge in [-0.1, -0.05) is 86.9 Å². The van der Waals surface area contributed by atoms with Crippen molar-refractivity contribution < 1.29 is 23.9 Å². The zero-order valence-electron chi connectivity index (χ0n) is 25.1. The Morgan fingerprint density at radius 2 is 1.77 bits per heavy atom. The van der Waals surface area contributed by atoms with Crippen LogP contribution < -0.4 is 24.5 Å². The van der Waals surface area contributed by atoms with Crippen molar-refractivity contribution in [2.24, 2.45) is 4.99 Å². The largest absolute Gasteiger partial charge is 0.458 e. The molecule has 1 aromatic heterocycles. The molecule has 3 heterocycles. The van der Waals surface area contributed by atoms with Crippen LogP contribution in [0.3, 0.4) is 0 Å². The van der Waals surface area contributed by atoms with Crippen molar-refractivity contribution in [1.29, 1.82) is 0 Å². The summed E-state index contributed by atoms with van der Waals surface area (Å²) in [5.41, 5.74) is 2.60. The monoisotopic (exact) mass is 613 g/mol. The normalized spacial score (nSPS) is 16.8. The molecule has 10 heteroatoms. The highest BCUT2D eigenvalue weighted by Crippen LogP contribution is 2.36. The van der Waals surface area contributed by atoms with Crippen LogP contribution in [0.25, 0.3) is 5.57 Å². The SMILES string of the molecule is C=CCOC(=O)C1=C(C)N=c2s/c(=C3\C(=O)N(CCCCCCC)c4ccccc43)c(=O)n2C1c1ccc(OC(C)=O)cc1. The van der Waals surface area contributed by atoms with Gasteiger partial charge < -0.3 is 14.4 Å². The lowest BCUT2D eigenvalue weighted by Gasteiger charge is -2.24. The lowest BCUT2D eigenvalue weighted by Crippen LogP contribution is -2.41. The van der Waals surface area contributed by atoms with Crippen molar-refractivity contribution in [3.63, 3.8) is 0 Å². The first-order valence-corrected chi connectivity index (χ1v) is 15.6. The summed E-state index contributed by atoms with van der Waals surface area (Å²) in [5.74, 6) is -0.978. The standard InChI is InChI=1S/C34H35N3O6S/c1-5-7-8-9-12-19-36-26-14-11-10-13-25(26)28(31(36)39)30-32(40)37-29(23-15-17-24(18-16-23)43-22(4)38)27(33(41)42-20-6-2)21(3)35-34(37)44-30/h6,10-11,13-18,29H,2,5,7-9,12,19-20H2,1,3-4H3/b30-28-. The Kier molecular flexibility index (Phi) is 9.39. The van der Waals surface area contributed by atoms with Crippen LogP contribution in [-0.4, -0.2) is 35.6 Å². The smallest absolute Gasteiger partial charge is 0.338 e. The predicted molar refractivity (Wildman–Crippen MR) is 169 cm³/mol. The number of carbonyl (C=O) groups is 3. The minimum atomic E-state index is -0.884. The fourth-order valence-electron chi connectivity index (χ4n) is 5.64. The van der Waals surface area contributed by atoms with Crippen LogP contribution in [0.1, 0.15) is 70.0 Å². The van der Waals surface area contributed by atoms with Gasteiger partial charge in [0.25, 0.3) is 11.5 Å². The molecule has 5 rings (SSSR count). The number of para-hydroxylation sites is 1. The Morgan fingerprint density at radius 3 is 2.48 bits per heavy atom. The van der Waals surface area contributed by atoms with Gasteiger partial charge >= 0.3 is 11.9 Å². The summed E-state index contributed by atoms with van der Waals surface area (Å²) < 4.78 is 12.3. The third-order valence-electron chi connectivity index (χ3n) is 7.64. The van der Waals surface area contributed by atoms with Gasteiger partial charge in [0.15, 0.2) is 4.80 Å². The fraction of sp³-hybridized carbons (Fsp3) is 0.324. The number of fused-ring (bicyclic) bond motifs is 2. The summed E-state index contributed by atoms with van der Waals surface area (Å²) >= 11 is 1.14. The summed E-state index contributed by atoms with van der Waals surface area (Å²) in [6.45, 7) is 9.34. The van der Waals surface area contributed by atoms with Gasteiger partial charge in [0, 0.05) is 19.0 Å². The minimum Gasteiger partial charge on any atom is -0.458 e. The molecular weight excluding hydrogens is 578 g/mol. The molecule has 2 aliphatic heterocycles. The number of rotatable bonds is 11. The molecule has 1 amide bonds. The molecule has 9 nitrogen and oxygen atoms in total. The number of benzene rings is 2. The Hall–Kier alpha value is -4.57. The highest BCUT2D eigenvalue weighted by molar-refractivity contribution is 7.07. The second kappa shape index (κ2) is 13.4. The number of aromatic nitrogens is 1. The van der Waals surface area contributed by atoms with E-state index in [9.17, 15) is 19.2 Å². The van der Waals surface area contributed by atoms with E-state index in [4.69, 9.17) is 9.47 Å². The highest BCUT2D eigenvalue weighted by Gasteiger charge is 2.37. The van der Waals surface area contributed by atoms with Gasteiger partial charge in [-0.05, 0) is 37.1 Å². The number of unbranched alkanes of at least 4 members (excludes halogenated alkanes) is 4. The first kappa shape index (κ1) is 30.9. The number of nitrogens with zero attached hydrogens (tertiary/aromatic N) is 3. The molecule has 0 bridgehead atoms. The topological polar surface area (TPSA) is 107 Å². The van der Waals surface area contributed by atoms with Crippen LogP contribution in [0.15, 0.2) is 82.2 Å². The number of anilines is 1. The number of ether oxygens (including phenoxy) is 2. The quantitative estimate of drug-likeness (QED) is 0.136. The van der Waals surface area contributed by atoms with Gasteiger partial charge in [0.2, 0.25) is 0 Å². The van der Waals surface area contributed by atoms with Crippen LogP contribution in [-0.2, 0) is 19.1 Å². The first-order valence-electron chi connectivity index (χ1n) is 14.8. The van der Waals surface area contributed by atoms with E-state index in [1.165, 1.54) is 17.6 Å². The Labute approximate surface area is 259 Å². The minimum absolute atomic E-state index is 0.0120. The molecule has 3 aromatic rings. The lowest BCUT2D eigenvalue weighted by atomic mass is 9.96. The van der Waals surface area contributed by atoms with Crippen molar-refractivity contribution >= 4 is 40.4 Å². The predicted octanol–water partition coefficient (Wildman–Crippen LogP) is 4.58. The maximum Gasteiger partial charge on any atom is 0.338 e. The third-order valence-corrected chi connectivity index (χ3v) is 8.70. The van der Waals surface area contributed by atoms with E-state index < -0.39 is 23.5 Å². The van der Waals surface area contributed by atoms with E-state index in [2.05, 4.69) is 18.5 Å². The molecule has 44 heavy (non-hydrogen) atoms. The van der Waals surface area contributed by atoms with E-state index in [0.717, 1.165) is 49.1 Å². The first-order chi connectivity index (χ1) is 21.3. The van der Waals surface area contributed by atoms with Gasteiger partial charge in [-0.25, -0.2) is 9.79 Å². The van der Waals surface area contributed by atoms with E-state index in [1.807, 2.05) is 24.3 Å². The van der Waals surface area contributed by atoms with E-state index in [1.54, 1.807) is 36.1 Å². The zero-order valence-corrected chi connectivity index (χ0v) is 25.9. The summed E-state index contributed by atoms with van der Waals surface area (Å²) in [6.07, 6.45) is 6.77. The number of hydrogen-bond donors (Lipinski definition) is 0. The van der Waals surface area contributed by atoms with Crippen molar-refractivity contribution in [3.05, 3.63) is 103 Å². The molecule has 2 aromatic carbocycles. The van der Waals surface area contributed by atoms with Crippen LogP contribution in [0, 0.1) is 0 Å². The molecule has 0 aliphatic carbocycles. The molecule has 0 saturated carbocycles. The molecule has 0 N–H and O–H groups in total. The van der Waals surface area contributed by atoms with Crippen LogP contribution in [0.5, 0.6) is 5.75 Å². The molecule has 0 fully saturated rings. The maximum atomic E-state index is 14.3. The van der Waals surface area contributed by atoms with Gasteiger partial charge in [-0.2, -0.15) is 0 Å². The maximum absolute atomic E-state index is 14.3. The van der Waals surface area contributed by atoms with Gasteiger partial charge in [0.05, 0.1) is 28.6 Å². The Balaban J connectivity index is 1.65. The number of hydrogen-bond acceptors (Lipinski definition) is 8. The summed E-state index contributed by atoms with van der Waals surface area (Å²) in [6, 6.07) is 13.2. The van der Waals surface area contributed by atoms with Crippen molar-refractivity contribution in [3.8, 4) is 5.75 Å². The third kappa shape index (κ3) is 5.94. The van der Waals surface area contributed by atoms with Crippen molar-refractivity contribution in [1.82, 2.24) is 4.57 Å². The molecule has 0 saturated heterocycles. The summed E-state index contributed by atoms with van der Waals surface area (Å²) in [7, 11) is 0. The molecule has 2 aliphatic rings. The van der Waals surface area contributed by atoms with Gasteiger partial charge in [0.1, 0.15) is 16.9 Å². The fourth-order valence-corrected chi connectivity index (χ4v) is 6.78. The summed E-state index contributed by atoms with van der Waals surface area (Å²) in [4.78, 5) is 59.9. The van der Waals surface area contributed by atoms with Crippen LogP contribution in [0.2, 0.25) is 0 Å². The van der Waals surface area contributed by atoms with E-state index in [0.29, 0.717) is 39.5 Å². The highest BCUT2D eigenvalue weighted by atomic mass is 32.1. The van der Waals surface area contributed by atoms with Crippen molar-refractivity contribution in [2.45, 2.75) is 58.9 Å². The molecule has 228 valence electrons. The Morgan fingerprint density at radius 1 is 1.05 bits per heavy atom. The van der Waals surface area contributed by atoms with Crippen LogP contribution >= 0.6 is 11.3 Å². The number of esters is 2. The van der Waals surface area contributed by atoms with Crippen LogP contribution in [0.4, 0.5) is 5.69 Å². The molecule has 1 atom stereocenters. The number of amides is 1. The molecular formula is C34H35N3O6S. The average Bonchev–Trinajstić information content (AvgIpc) is 3.47. The van der Waals surface area contributed by atoms with Crippen molar-refractivity contribution in [2.75, 3.05) is 18.1 Å². The molecule has 0 spiro atoms. The van der Waals surface area contributed by atoms with Gasteiger partial charge in [-0.3, -0.25) is 19.0 Å². The lowest BCUT2D eigenvalue weighted by molar-refractivity contribution is -0.138. The second-order valence-corrected chi connectivity index (χ2v) is 11.7. The second-order valence-electron chi connectivity index (χ2n) is 10.7. The van der Waals surface area contributed by atoms with E-state index >= 15 is 0 Å². The van der Waals surface area contributed by atoms with Gasteiger partial charge in [-0.15, -0.1) is 0 Å². The number of carbonyl (C=O) groups excluding carboxylic acids is 3. The molecule has 1 unspecified atom stereocenters. The summed E-state index contributed by atoms with van der Waals surface area (Å²) in [5, 5.41) is 0. The molecule has 0 radical (unpaired) electrons. The zero-order chi connectivity index (χ0) is 31.4. The Bertz CT molecular complexity index is 1830. The average molecular weight is 614 g/mol. The number of thiazole rings is 1. The number of allylic oxidation sites excluding steroid dienone is 1.